The maximum Gasteiger partial charge on any atom is 0.244 e. The van der Waals surface area contributed by atoms with Crippen molar-refractivity contribution in [2.24, 2.45) is 0 Å². The van der Waals surface area contributed by atoms with E-state index in [0.717, 1.165) is 22.4 Å². The van der Waals surface area contributed by atoms with Gasteiger partial charge in [0.05, 0.1) is 11.4 Å². The van der Waals surface area contributed by atoms with Gasteiger partial charge in [-0.25, -0.2) is 9.07 Å². The van der Waals surface area contributed by atoms with E-state index in [1.54, 1.807) is 35.3 Å². The van der Waals surface area contributed by atoms with Gasteiger partial charge in [0.25, 0.3) is 0 Å². The fourth-order valence-electron chi connectivity index (χ4n) is 2.99. The summed E-state index contributed by atoms with van der Waals surface area (Å²) in [4.78, 5) is 16.2. The number of nitrogens with zero attached hydrogens (tertiary/aromatic N) is 3. The summed E-state index contributed by atoms with van der Waals surface area (Å²) in [6.07, 6.45) is 8.43. The minimum Gasteiger partial charge on any atom is -0.348 e. The highest BCUT2D eigenvalue weighted by molar-refractivity contribution is 5.91. The number of pyridine rings is 1. The molecule has 2 aromatic carbocycles. The molecule has 2 heterocycles. The quantitative estimate of drug-likeness (QED) is 0.490. The smallest absolute Gasteiger partial charge is 0.244 e. The van der Waals surface area contributed by atoms with Crippen LogP contribution in [0.2, 0.25) is 0 Å². The van der Waals surface area contributed by atoms with E-state index in [1.807, 2.05) is 48.7 Å². The highest BCUT2D eigenvalue weighted by atomic mass is 19.1. The summed E-state index contributed by atoms with van der Waals surface area (Å²) in [5, 5.41) is 7.56. The molecule has 0 unspecified atom stereocenters. The van der Waals surface area contributed by atoms with Crippen molar-refractivity contribution in [1.29, 1.82) is 0 Å². The van der Waals surface area contributed by atoms with Crippen molar-refractivity contribution in [3.8, 4) is 16.9 Å². The molecular formula is C24H19FN4O. The molecule has 0 saturated carbocycles. The Labute approximate surface area is 173 Å². The maximum absolute atomic E-state index is 13.4. The average molecular weight is 398 g/mol. The van der Waals surface area contributed by atoms with Crippen LogP contribution in [0.1, 0.15) is 11.1 Å². The van der Waals surface area contributed by atoms with Gasteiger partial charge in [-0.05, 0) is 60.2 Å². The molecule has 6 heteroatoms. The molecule has 0 aliphatic heterocycles. The second-order valence-electron chi connectivity index (χ2n) is 6.62. The number of benzene rings is 2. The van der Waals surface area contributed by atoms with Crippen molar-refractivity contribution >= 4 is 12.0 Å². The number of amides is 1. The minimum atomic E-state index is -0.308. The Balaban J connectivity index is 1.56. The molecule has 30 heavy (non-hydrogen) atoms. The molecule has 0 fully saturated rings. The van der Waals surface area contributed by atoms with E-state index in [0.29, 0.717) is 12.2 Å². The summed E-state index contributed by atoms with van der Waals surface area (Å²) >= 11 is 0. The molecule has 0 spiro atoms. The first-order chi connectivity index (χ1) is 14.7. The van der Waals surface area contributed by atoms with Gasteiger partial charge in [0.1, 0.15) is 5.82 Å². The Bertz CT molecular complexity index is 1150. The Morgan fingerprint density at radius 1 is 1.00 bits per heavy atom. The van der Waals surface area contributed by atoms with E-state index in [-0.39, 0.29) is 11.7 Å². The Kier molecular flexibility index (Phi) is 5.75. The van der Waals surface area contributed by atoms with Gasteiger partial charge in [0.2, 0.25) is 5.91 Å². The van der Waals surface area contributed by atoms with Crippen molar-refractivity contribution in [3.63, 3.8) is 0 Å². The third-order valence-electron chi connectivity index (χ3n) is 4.51. The Morgan fingerprint density at radius 2 is 1.73 bits per heavy atom. The van der Waals surface area contributed by atoms with Gasteiger partial charge in [0.15, 0.2) is 0 Å². The number of carbonyl (C=O) groups excluding carboxylic acids is 1. The predicted octanol–water partition coefficient (Wildman–Crippen LogP) is 4.40. The molecule has 4 aromatic rings. The maximum atomic E-state index is 13.4. The molecule has 0 bridgehead atoms. The molecule has 1 amide bonds. The summed E-state index contributed by atoms with van der Waals surface area (Å²) in [7, 11) is 0. The minimum absolute atomic E-state index is 0.218. The first-order valence-electron chi connectivity index (χ1n) is 9.45. The molecule has 1 N–H and O–H groups in total. The number of nitrogens with one attached hydrogen (secondary N) is 1. The zero-order valence-corrected chi connectivity index (χ0v) is 16.1. The van der Waals surface area contributed by atoms with Crippen LogP contribution < -0.4 is 5.32 Å². The number of halogens is 1. The molecule has 4 rings (SSSR count). The largest absolute Gasteiger partial charge is 0.348 e. The van der Waals surface area contributed by atoms with E-state index in [1.165, 1.54) is 18.2 Å². The number of hydrogen-bond donors (Lipinski definition) is 1. The van der Waals surface area contributed by atoms with E-state index < -0.39 is 0 Å². The van der Waals surface area contributed by atoms with Crippen molar-refractivity contribution < 1.29 is 9.18 Å². The van der Waals surface area contributed by atoms with Crippen LogP contribution in [0.5, 0.6) is 0 Å². The standard InChI is InChI=1S/C24H19FN4O/c25-21-9-7-19(8-10-21)24-20(17-29(28-24)22-4-2-1-3-5-22)16-27-23(30)11-6-18-12-14-26-15-13-18/h1-15,17H,16H2,(H,27,30)/b11-6+. The molecule has 0 aliphatic rings. The summed E-state index contributed by atoms with van der Waals surface area (Å²) in [5.74, 6) is -0.526. The molecule has 0 atom stereocenters. The molecule has 0 saturated heterocycles. The number of rotatable bonds is 6. The van der Waals surface area contributed by atoms with Crippen molar-refractivity contribution in [3.05, 3.63) is 108 Å². The molecule has 0 radical (unpaired) electrons. The summed E-state index contributed by atoms with van der Waals surface area (Å²) in [6.45, 7) is 0.291. The van der Waals surface area contributed by atoms with Crippen LogP contribution in [0, 0.1) is 5.82 Å². The number of aromatic nitrogens is 3. The van der Waals surface area contributed by atoms with Crippen LogP contribution in [0.3, 0.4) is 0 Å². The van der Waals surface area contributed by atoms with E-state index in [2.05, 4.69) is 15.4 Å². The predicted molar refractivity (Wildman–Crippen MR) is 114 cm³/mol. The Morgan fingerprint density at radius 3 is 2.47 bits per heavy atom. The molecule has 5 nitrogen and oxygen atoms in total. The second-order valence-corrected chi connectivity index (χ2v) is 6.62. The number of para-hydroxylation sites is 1. The van der Waals surface area contributed by atoms with Crippen molar-refractivity contribution in [2.45, 2.75) is 6.54 Å². The van der Waals surface area contributed by atoms with E-state index in [9.17, 15) is 9.18 Å². The number of hydrogen-bond acceptors (Lipinski definition) is 3. The molecule has 148 valence electrons. The van der Waals surface area contributed by atoms with Gasteiger partial charge in [0, 0.05) is 42.3 Å². The number of carbonyl (C=O) groups is 1. The fourth-order valence-corrected chi connectivity index (χ4v) is 2.99. The van der Waals surface area contributed by atoms with Gasteiger partial charge >= 0.3 is 0 Å². The monoisotopic (exact) mass is 398 g/mol. The zero-order chi connectivity index (χ0) is 20.8. The fraction of sp³-hybridized carbons (Fsp3) is 0.0417. The van der Waals surface area contributed by atoms with Crippen LogP contribution >= 0.6 is 0 Å². The zero-order valence-electron chi connectivity index (χ0n) is 16.1. The van der Waals surface area contributed by atoms with Gasteiger partial charge < -0.3 is 5.32 Å². The van der Waals surface area contributed by atoms with Crippen molar-refractivity contribution in [1.82, 2.24) is 20.1 Å². The van der Waals surface area contributed by atoms with Crippen LogP contribution in [-0.4, -0.2) is 20.7 Å². The van der Waals surface area contributed by atoms with E-state index >= 15 is 0 Å². The van der Waals surface area contributed by atoms with Gasteiger partial charge in [-0.15, -0.1) is 0 Å². The third-order valence-corrected chi connectivity index (χ3v) is 4.51. The van der Waals surface area contributed by atoms with E-state index in [4.69, 9.17) is 0 Å². The van der Waals surface area contributed by atoms with Crippen molar-refractivity contribution in [2.75, 3.05) is 0 Å². The lowest BCUT2D eigenvalue weighted by Crippen LogP contribution is -2.20. The van der Waals surface area contributed by atoms with Crippen LogP contribution in [0.4, 0.5) is 4.39 Å². The third kappa shape index (κ3) is 4.67. The first-order valence-corrected chi connectivity index (χ1v) is 9.45. The summed E-state index contributed by atoms with van der Waals surface area (Å²) in [6, 6.07) is 19.5. The summed E-state index contributed by atoms with van der Waals surface area (Å²) in [5.41, 5.74) is 4.09. The highest BCUT2D eigenvalue weighted by Gasteiger charge is 2.13. The topological polar surface area (TPSA) is 59.8 Å². The Hall–Kier alpha value is -4.06. The SMILES string of the molecule is O=C(/C=C/c1ccncc1)NCc1cn(-c2ccccc2)nc1-c1ccc(F)cc1. The van der Waals surface area contributed by atoms with Crippen LogP contribution in [0.25, 0.3) is 23.0 Å². The molecule has 0 aliphatic carbocycles. The van der Waals surface area contributed by atoms with Gasteiger partial charge in [-0.2, -0.15) is 5.10 Å². The molecular weight excluding hydrogens is 379 g/mol. The average Bonchev–Trinajstić information content (AvgIpc) is 3.22. The molecule has 2 aromatic heterocycles. The van der Waals surface area contributed by atoms with Gasteiger partial charge in [-0.1, -0.05) is 18.2 Å². The van der Waals surface area contributed by atoms with Crippen LogP contribution in [0.15, 0.2) is 91.4 Å². The lowest BCUT2D eigenvalue weighted by Gasteiger charge is -2.04. The first kappa shape index (κ1) is 19.3. The summed E-state index contributed by atoms with van der Waals surface area (Å²) < 4.78 is 15.1. The second kappa shape index (κ2) is 8.96. The highest BCUT2D eigenvalue weighted by Crippen LogP contribution is 2.24. The van der Waals surface area contributed by atoms with Crippen LogP contribution in [-0.2, 0) is 11.3 Å². The van der Waals surface area contributed by atoms with Gasteiger partial charge in [-0.3, -0.25) is 9.78 Å². The lowest BCUT2D eigenvalue weighted by atomic mass is 10.1. The lowest BCUT2D eigenvalue weighted by molar-refractivity contribution is -0.116. The normalized spacial score (nSPS) is 11.0.